The Morgan fingerprint density at radius 3 is 0.677 bits per heavy atom. The Bertz CT molecular complexity index is 2120. The number of para-hydroxylation sites is 4. The summed E-state index contributed by atoms with van der Waals surface area (Å²) < 4.78 is 65.9. The summed E-state index contributed by atoms with van der Waals surface area (Å²) in [6.07, 6.45) is 0. The largest absolute Gasteiger partial charge is 0.647 e. The number of hydrogen-bond acceptors (Lipinski definition) is 8. The predicted octanol–water partition coefficient (Wildman–Crippen LogP) is 17.9. The highest BCUT2D eigenvalue weighted by molar-refractivity contribution is 7.50. The number of aryl methyl sites for hydroxylation is 8. The molecule has 0 saturated heterocycles. The molecule has 0 aliphatic rings. The van der Waals surface area contributed by atoms with Gasteiger partial charge in [0.2, 0.25) is 0 Å². The van der Waals surface area contributed by atoms with Crippen LogP contribution < -0.4 is 27.1 Å². The van der Waals surface area contributed by atoms with Gasteiger partial charge in [0.1, 0.15) is 34.5 Å². The Labute approximate surface area is 391 Å². The maximum absolute atomic E-state index is 14.5. The van der Waals surface area contributed by atoms with Crippen LogP contribution >= 0.6 is 15.6 Å². The molecule has 10 heteroatoms. The average molecular weight is 925 g/mol. The highest BCUT2D eigenvalue weighted by Gasteiger charge is 2.37. The van der Waals surface area contributed by atoms with E-state index in [0.717, 1.165) is 55.6 Å². The van der Waals surface area contributed by atoms with Gasteiger partial charge >= 0.3 is 15.6 Å². The Balaban J connectivity index is 0.00000172. The fraction of sp³-hybridized carbons (Fsp3) is 0.345. The lowest BCUT2D eigenvalue weighted by Gasteiger charge is -2.27. The first kappa shape index (κ1) is 55.7. The molecule has 0 atom stereocenters. The molecule has 0 aromatic heterocycles. The molecule has 0 aliphatic carbocycles. The van der Waals surface area contributed by atoms with Gasteiger partial charge in [-0.05, 0) is 135 Å². The number of hydrogen-bond donors (Lipinski definition) is 0. The molecule has 0 unspecified atom stereocenters. The third kappa shape index (κ3) is 14.8. The van der Waals surface area contributed by atoms with Gasteiger partial charge in [0, 0.05) is 5.41 Å². The van der Waals surface area contributed by atoms with Crippen LogP contribution in [0, 0.1) is 55.4 Å². The number of phosphoric acid groups is 2. The van der Waals surface area contributed by atoms with E-state index in [0.29, 0.717) is 34.5 Å². The molecule has 0 fully saturated rings. The van der Waals surface area contributed by atoms with Crippen molar-refractivity contribution in [3.8, 4) is 34.5 Å². The minimum atomic E-state index is -4.24. The van der Waals surface area contributed by atoms with Crippen LogP contribution in [-0.4, -0.2) is 0 Å². The van der Waals surface area contributed by atoms with Crippen LogP contribution in [0.15, 0.2) is 121 Å². The topological polar surface area (TPSA) is 89.5 Å². The highest BCUT2D eigenvalue weighted by atomic mass is 31.2. The number of rotatable bonds is 14. The van der Waals surface area contributed by atoms with E-state index >= 15 is 0 Å². The standard InChI is InChI=1S/C47H50O8P2.4C2H6/c1-31-15-11-16-32(2)43(31)52-56(48,53-44-33(3)17-12-18-34(44)4)50-41-27-23-39(24-28-41)47(9,10)40-25-29-42(30-26-40)51-57(49,54-45-35(5)19-13-20-36(45)6)55-46-37(7)21-14-22-38(46)8;4*1-2/h11-30H,1-10H3;4*1-2H3. The summed E-state index contributed by atoms with van der Waals surface area (Å²) in [5.74, 6) is 2.43. The van der Waals surface area contributed by atoms with E-state index in [2.05, 4.69) is 13.8 Å². The minimum Gasteiger partial charge on any atom is -0.386 e. The molecule has 0 bridgehead atoms. The molecule has 6 aromatic carbocycles. The van der Waals surface area contributed by atoms with Crippen molar-refractivity contribution in [3.05, 3.63) is 177 Å². The average Bonchev–Trinajstić information content (AvgIpc) is 3.29. The third-order valence-corrected chi connectivity index (χ3v) is 12.5. The SMILES string of the molecule is CC.CC.CC.CC.Cc1cccc(C)c1OP(=O)(Oc1ccc(C(C)(C)c2ccc(OP(=O)(Oc3c(C)cccc3C)Oc3c(C)cccc3C)cc2)cc1)Oc1c(C)cccc1C. The molecule has 8 nitrogen and oxygen atoms in total. The maximum atomic E-state index is 14.5. The smallest absolute Gasteiger partial charge is 0.386 e. The number of benzene rings is 6. The quantitative estimate of drug-likeness (QED) is 0.0998. The molecular formula is C55H74O8P2. The second-order valence-electron chi connectivity index (χ2n) is 15.0. The van der Waals surface area contributed by atoms with Crippen LogP contribution in [0.3, 0.4) is 0 Å². The molecule has 6 rings (SSSR count). The van der Waals surface area contributed by atoms with Crippen LogP contribution in [-0.2, 0) is 14.5 Å². The van der Waals surface area contributed by atoms with E-state index in [4.69, 9.17) is 27.1 Å². The summed E-state index contributed by atoms with van der Waals surface area (Å²) in [4.78, 5) is 0. The minimum absolute atomic E-state index is 0.322. The molecule has 0 heterocycles. The zero-order chi connectivity index (χ0) is 49.1. The van der Waals surface area contributed by atoms with Crippen molar-refractivity contribution in [1.29, 1.82) is 0 Å². The molecule has 65 heavy (non-hydrogen) atoms. The van der Waals surface area contributed by atoms with Crippen LogP contribution in [0.5, 0.6) is 34.5 Å². The zero-order valence-electron chi connectivity index (χ0n) is 42.2. The summed E-state index contributed by atoms with van der Waals surface area (Å²) in [5.41, 5.74) is 7.91. The first-order chi connectivity index (χ1) is 31.0. The predicted molar refractivity (Wildman–Crippen MR) is 273 cm³/mol. The third-order valence-electron chi connectivity index (χ3n) is 10.0. The van der Waals surface area contributed by atoms with Crippen LogP contribution in [0.1, 0.15) is 125 Å². The van der Waals surface area contributed by atoms with Crippen molar-refractivity contribution in [3.63, 3.8) is 0 Å². The molecule has 0 amide bonds. The lowest BCUT2D eigenvalue weighted by molar-refractivity contribution is 0.294. The van der Waals surface area contributed by atoms with Gasteiger partial charge in [0.05, 0.1) is 0 Å². The molecular weight excluding hydrogens is 851 g/mol. The number of phosphoric ester groups is 2. The van der Waals surface area contributed by atoms with E-state index in [9.17, 15) is 9.13 Å². The van der Waals surface area contributed by atoms with Crippen molar-refractivity contribution in [1.82, 2.24) is 0 Å². The summed E-state index contributed by atoms with van der Waals surface area (Å²) in [5, 5.41) is 0. The van der Waals surface area contributed by atoms with Gasteiger partial charge in [0.25, 0.3) is 0 Å². The van der Waals surface area contributed by atoms with Gasteiger partial charge in [-0.15, -0.1) is 0 Å². The van der Waals surface area contributed by atoms with Gasteiger partial charge in [-0.25, -0.2) is 0 Å². The first-order valence-corrected chi connectivity index (χ1v) is 25.7. The van der Waals surface area contributed by atoms with E-state index < -0.39 is 21.1 Å². The van der Waals surface area contributed by atoms with Crippen molar-refractivity contribution in [2.45, 2.75) is 130 Å². The monoisotopic (exact) mass is 924 g/mol. The summed E-state index contributed by atoms with van der Waals surface area (Å²) >= 11 is 0. The molecule has 0 spiro atoms. The van der Waals surface area contributed by atoms with E-state index in [1.165, 1.54) is 0 Å². The maximum Gasteiger partial charge on any atom is 0.647 e. The highest BCUT2D eigenvalue weighted by Crippen LogP contribution is 2.54. The zero-order valence-corrected chi connectivity index (χ0v) is 44.0. The Hall–Kier alpha value is -5.42. The van der Waals surface area contributed by atoms with Gasteiger partial charge < -0.3 is 27.1 Å². The molecule has 0 saturated carbocycles. The fourth-order valence-electron chi connectivity index (χ4n) is 6.62. The second kappa shape index (κ2) is 25.9. The van der Waals surface area contributed by atoms with Crippen molar-refractivity contribution in [2.75, 3.05) is 0 Å². The normalized spacial score (nSPS) is 10.7. The fourth-order valence-corrected chi connectivity index (χ4v) is 9.65. The van der Waals surface area contributed by atoms with Crippen LogP contribution in [0.25, 0.3) is 0 Å². The Morgan fingerprint density at radius 2 is 0.492 bits per heavy atom. The van der Waals surface area contributed by atoms with Crippen molar-refractivity contribution in [2.24, 2.45) is 0 Å². The van der Waals surface area contributed by atoms with Gasteiger partial charge in [-0.2, -0.15) is 9.13 Å². The first-order valence-electron chi connectivity index (χ1n) is 22.8. The second-order valence-corrected chi connectivity index (χ2v) is 17.9. The lowest BCUT2D eigenvalue weighted by Crippen LogP contribution is -2.18. The molecule has 0 radical (unpaired) electrons. The lowest BCUT2D eigenvalue weighted by atomic mass is 9.78. The van der Waals surface area contributed by atoms with Crippen LogP contribution in [0.4, 0.5) is 0 Å². The molecule has 0 N–H and O–H groups in total. The van der Waals surface area contributed by atoms with E-state index in [1.54, 1.807) is 24.3 Å². The summed E-state index contributed by atoms with van der Waals surface area (Å²) in [6.45, 7) is 35.3. The summed E-state index contributed by atoms with van der Waals surface area (Å²) in [6, 6.07) is 37.5. The Morgan fingerprint density at radius 1 is 0.308 bits per heavy atom. The van der Waals surface area contributed by atoms with Crippen molar-refractivity contribution >= 4 is 15.6 Å². The van der Waals surface area contributed by atoms with Gasteiger partial charge in [-0.1, -0.05) is 166 Å². The molecule has 352 valence electrons. The van der Waals surface area contributed by atoms with Crippen molar-refractivity contribution < 1.29 is 36.3 Å². The van der Waals surface area contributed by atoms with E-state index in [1.807, 2.05) is 208 Å². The Kier molecular flexibility index (Phi) is 22.2. The van der Waals surface area contributed by atoms with Gasteiger partial charge in [0.15, 0.2) is 0 Å². The summed E-state index contributed by atoms with van der Waals surface area (Å²) in [7, 11) is -8.49. The van der Waals surface area contributed by atoms with E-state index in [-0.39, 0.29) is 0 Å². The van der Waals surface area contributed by atoms with Gasteiger partial charge in [-0.3, -0.25) is 0 Å². The van der Waals surface area contributed by atoms with Crippen LogP contribution in [0.2, 0.25) is 0 Å². The molecule has 0 aliphatic heterocycles. The molecule has 6 aromatic rings.